The SMILES string of the molecule is CCC1OC(=O)[C@H](C)[C@H](O)[C@H](C)C(OC2O[C@H](C)C[C@H](N(C)Cc3ccc(Cc4cn(CCCCCC(=O)NO)nn4)cc3)[C@H]2O)[C@@](C)(OC)C[C@@H](C)C(=O)[C@H](C)[C@@H](O)[C@]1(C)O. The Morgan fingerprint density at radius 2 is 1.66 bits per heavy atom. The number of benzene rings is 1. The van der Waals surface area contributed by atoms with E-state index in [4.69, 9.17) is 24.2 Å². The van der Waals surface area contributed by atoms with Crippen LogP contribution in [0.4, 0.5) is 0 Å². The van der Waals surface area contributed by atoms with Gasteiger partial charge in [0.15, 0.2) is 6.29 Å². The van der Waals surface area contributed by atoms with Crippen LogP contribution >= 0.6 is 0 Å². The molecular weight excluding hydrogens is 803 g/mol. The van der Waals surface area contributed by atoms with Gasteiger partial charge in [-0.3, -0.25) is 29.2 Å². The first-order valence-electron chi connectivity index (χ1n) is 22.1. The van der Waals surface area contributed by atoms with Gasteiger partial charge in [-0.25, -0.2) is 5.48 Å². The van der Waals surface area contributed by atoms with Crippen molar-refractivity contribution in [1.82, 2.24) is 25.4 Å². The topological polar surface area (TPSA) is 235 Å². The maximum atomic E-state index is 13.9. The maximum Gasteiger partial charge on any atom is 0.311 e. The molecule has 2 aromatic rings. The number of aliphatic hydroxyl groups excluding tert-OH is 3. The van der Waals surface area contributed by atoms with Gasteiger partial charge in [0, 0.05) is 63.0 Å². The number of hydrogen-bond acceptors (Lipinski definition) is 15. The summed E-state index contributed by atoms with van der Waals surface area (Å²) in [4.78, 5) is 40.7. The van der Waals surface area contributed by atoms with E-state index in [0.717, 1.165) is 29.7 Å². The molecule has 350 valence electrons. The van der Waals surface area contributed by atoms with Gasteiger partial charge >= 0.3 is 5.97 Å². The summed E-state index contributed by atoms with van der Waals surface area (Å²) in [5.74, 6) is -5.15. The zero-order chi connectivity index (χ0) is 46.1. The molecule has 2 aliphatic rings. The van der Waals surface area contributed by atoms with Gasteiger partial charge in [0.1, 0.15) is 23.6 Å². The first-order valence-corrected chi connectivity index (χ1v) is 22.1. The first-order chi connectivity index (χ1) is 29.2. The fraction of sp³-hybridized carbons (Fsp3) is 0.756. The number of carbonyl (C=O) groups excluding carboxylic acids is 3. The highest BCUT2D eigenvalue weighted by atomic mass is 16.7. The molecule has 3 unspecified atom stereocenters. The number of hydroxylamine groups is 1. The standard InChI is InChI=1S/C45H73N5O12/c1-11-35-45(8,57)40(55)28(4)37(52)26(2)23-44(7,59-10)41(29(5)38(53)30(6)42(56)61-35)62-43-39(54)34(21-27(3)60-43)49(9)24-32-18-16-31(17-19-32)22-33-25-50(48-46-33)20-14-12-13-15-36(51)47-58/h16-19,25-30,34-35,38-41,43,53-55,57-58H,11-15,20-24H2,1-10H3,(H,47,51)/t26-,27-,28+,29+,30-,34+,35?,38-,39-,40-,41?,43?,44+,45-/m1/s1. The molecule has 62 heavy (non-hydrogen) atoms. The number of Topliss-reactive ketones (excluding diaryl/α,β-unsaturated/α-hetero) is 1. The summed E-state index contributed by atoms with van der Waals surface area (Å²) in [5.41, 5.74) is 1.35. The number of ether oxygens (including phenoxy) is 4. The summed E-state index contributed by atoms with van der Waals surface area (Å²) in [6.07, 6.45) is -1.83. The number of hydrogen-bond donors (Lipinski definition) is 6. The molecule has 0 radical (unpaired) electrons. The molecule has 1 amide bonds. The molecular formula is C45H73N5O12. The van der Waals surface area contributed by atoms with Crippen molar-refractivity contribution >= 4 is 17.7 Å². The number of ketones is 1. The van der Waals surface area contributed by atoms with Crippen LogP contribution in [0.5, 0.6) is 0 Å². The van der Waals surface area contributed by atoms with Gasteiger partial charge in [0.2, 0.25) is 5.91 Å². The predicted molar refractivity (Wildman–Crippen MR) is 227 cm³/mol. The van der Waals surface area contributed by atoms with E-state index in [1.54, 1.807) is 37.9 Å². The highest BCUT2D eigenvalue weighted by molar-refractivity contribution is 5.83. The number of nitrogens with zero attached hydrogens (tertiary/aromatic N) is 4. The quantitative estimate of drug-likeness (QED) is 0.0652. The fourth-order valence-corrected chi connectivity index (χ4v) is 9.21. The molecule has 17 heteroatoms. The van der Waals surface area contributed by atoms with Crippen LogP contribution in [0.15, 0.2) is 30.5 Å². The van der Waals surface area contributed by atoms with Crippen LogP contribution < -0.4 is 5.48 Å². The summed E-state index contributed by atoms with van der Waals surface area (Å²) in [6.45, 7) is 14.4. The van der Waals surface area contributed by atoms with Crippen LogP contribution in [-0.4, -0.2) is 138 Å². The lowest BCUT2D eigenvalue weighted by molar-refractivity contribution is -0.302. The van der Waals surface area contributed by atoms with Crippen molar-refractivity contribution in [2.45, 2.75) is 180 Å². The second-order valence-electron chi connectivity index (χ2n) is 18.3. The van der Waals surface area contributed by atoms with Crippen molar-refractivity contribution < 1.29 is 59.0 Å². The second-order valence-corrected chi connectivity index (χ2v) is 18.3. The lowest BCUT2D eigenvalue weighted by Crippen LogP contribution is -2.60. The number of aromatic nitrogens is 3. The molecule has 0 bridgehead atoms. The summed E-state index contributed by atoms with van der Waals surface area (Å²) >= 11 is 0. The molecule has 4 rings (SSSR count). The van der Waals surface area contributed by atoms with Crippen molar-refractivity contribution in [3.63, 3.8) is 0 Å². The van der Waals surface area contributed by atoms with Gasteiger partial charge in [-0.1, -0.05) is 63.6 Å². The zero-order valence-corrected chi connectivity index (χ0v) is 38.3. The van der Waals surface area contributed by atoms with Crippen LogP contribution in [0.1, 0.15) is 117 Å². The third-order valence-corrected chi connectivity index (χ3v) is 13.3. The Kier molecular flexibility index (Phi) is 18.6. The highest BCUT2D eigenvalue weighted by Crippen LogP contribution is 2.39. The Morgan fingerprint density at radius 3 is 2.29 bits per heavy atom. The van der Waals surface area contributed by atoms with Gasteiger partial charge in [-0.2, -0.15) is 0 Å². The summed E-state index contributed by atoms with van der Waals surface area (Å²) < 4.78 is 26.7. The van der Waals surface area contributed by atoms with Crippen LogP contribution in [-0.2, 0) is 52.8 Å². The van der Waals surface area contributed by atoms with Crippen LogP contribution in [0, 0.1) is 23.7 Å². The van der Waals surface area contributed by atoms with Crippen molar-refractivity contribution in [2.24, 2.45) is 23.7 Å². The summed E-state index contributed by atoms with van der Waals surface area (Å²) in [6, 6.07) is 7.78. The molecule has 0 aliphatic carbocycles. The Hall–Kier alpha value is -3.39. The number of aryl methyl sites for hydroxylation is 1. The van der Waals surface area contributed by atoms with Crippen LogP contribution in [0.2, 0.25) is 0 Å². The van der Waals surface area contributed by atoms with E-state index in [2.05, 4.69) is 15.2 Å². The van der Waals surface area contributed by atoms with Gasteiger partial charge in [0.05, 0.1) is 41.6 Å². The molecule has 2 saturated heterocycles. The van der Waals surface area contributed by atoms with E-state index in [1.165, 1.54) is 27.9 Å². The lowest BCUT2D eigenvalue weighted by Gasteiger charge is -2.48. The number of esters is 1. The molecule has 0 spiro atoms. The third-order valence-electron chi connectivity index (χ3n) is 13.3. The molecule has 6 N–H and O–H groups in total. The lowest BCUT2D eigenvalue weighted by atomic mass is 9.74. The smallest absolute Gasteiger partial charge is 0.311 e. The fourth-order valence-electron chi connectivity index (χ4n) is 9.21. The van der Waals surface area contributed by atoms with Gasteiger partial charge in [-0.05, 0) is 78.0 Å². The van der Waals surface area contributed by atoms with Gasteiger partial charge in [0.25, 0.3) is 0 Å². The maximum absolute atomic E-state index is 13.9. The van der Waals surface area contributed by atoms with E-state index in [0.29, 0.717) is 32.4 Å². The molecule has 14 atom stereocenters. The average molecular weight is 876 g/mol. The largest absolute Gasteiger partial charge is 0.459 e. The van der Waals surface area contributed by atoms with Crippen molar-refractivity contribution in [3.8, 4) is 0 Å². The van der Waals surface area contributed by atoms with Crippen molar-refractivity contribution in [3.05, 3.63) is 47.3 Å². The summed E-state index contributed by atoms with van der Waals surface area (Å²) in [5, 5.41) is 63.7. The number of amides is 1. The van der Waals surface area contributed by atoms with E-state index < -0.39 is 83.7 Å². The monoisotopic (exact) mass is 876 g/mol. The van der Waals surface area contributed by atoms with Crippen LogP contribution in [0.3, 0.4) is 0 Å². The number of likely N-dealkylation sites (N-methyl/N-ethyl adjacent to an activating group) is 1. The van der Waals surface area contributed by atoms with E-state index in [9.17, 15) is 34.8 Å². The molecule has 2 aliphatic heterocycles. The molecule has 2 fully saturated rings. The first kappa shape index (κ1) is 51.2. The molecule has 0 saturated carbocycles. The second kappa shape index (κ2) is 22.5. The Morgan fingerprint density at radius 1 is 1.00 bits per heavy atom. The number of methoxy groups -OCH3 is 1. The van der Waals surface area contributed by atoms with Crippen molar-refractivity contribution in [2.75, 3.05) is 14.2 Å². The normalized spacial score (nSPS) is 35.4. The number of cyclic esters (lactones) is 1. The van der Waals surface area contributed by atoms with E-state index in [1.807, 2.05) is 44.4 Å². The number of aliphatic hydroxyl groups is 4. The highest BCUT2D eigenvalue weighted by Gasteiger charge is 2.52. The van der Waals surface area contributed by atoms with Gasteiger partial charge in [-0.15, -0.1) is 5.10 Å². The minimum atomic E-state index is -1.95. The predicted octanol–water partition coefficient (Wildman–Crippen LogP) is 3.33. The number of carbonyl (C=O) groups is 3. The van der Waals surface area contributed by atoms with E-state index in [-0.39, 0.29) is 37.1 Å². The number of nitrogens with one attached hydrogen (secondary N) is 1. The Labute approximate surface area is 366 Å². The number of rotatable bonds is 15. The molecule has 1 aromatic heterocycles. The number of unbranched alkanes of at least 4 members (excludes halogenated alkanes) is 2. The van der Waals surface area contributed by atoms with Gasteiger partial charge < -0.3 is 39.4 Å². The Bertz CT molecular complexity index is 1740. The van der Waals surface area contributed by atoms with E-state index >= 15 is 0 Å². The minimum absolute atomic E-state index is 0.0877. The molecule has 17 nitrogen and oxygen atoms in total. The molecule has 3 heterocycles. The zero-order valence-electron chi connectivity index (χ0n) is 38.3. The molecule has 1 aromatic carbocycles. The minimum Gasteiger partial charge on any atom is -0.459 e. The Balaban J connectivity index is 1.49. The summed E-state index contributed by atoms with van der Waals surface area (Å²) in [7, 11) is 3.41. The average Bonchev–Trinajstić information content (AvgIpc) is 3.70. The third kappa shape index (κ3) is 12.7. The van der Waals surface area contributed by atoms with Crippen LogP contribution in [0.25, 0.3) is 0 Å². The van der Waals surface area contributed by atoms with Crippen molar-refractivity contribution in [1.29, 1.82) is 0 Å².